The Labute approximate surface area is 132 Å². The molecule has 0 saturated heterocycles. The second-order valence-electron chi connectivity index (χ2n) is 5.14. The summed E-state index contributed by atoms with van der Waals surface area (Å²) in [6, 6.07) is 14.4. The Hall–Kier alpha value is -1.51. The first-order chi connectivity index (χ1) is 10.2. The first-order valence-electron chi connectivity index (χ1n) is 7.29. The minimum Gasteiger partial charge on any atom is -0.496 e. The van der Waals surface area contributed by atoms with Gasteiger partial charge in [0.2, 0.25) is 0 Å². The van der Waals surface area contributed by atoms with Crippen molar-refractivity contribution in [2.75, 3.05) is 13.7 Å². The molecule has 0 fully saturated rings. The van der Waals surface area contributed by atoms with Crippen LogP contribution in [0.15, 0.2) is 42.5 Å². The van der Waals surface area contributed by atoms with E-state index >= 15 is 0 Å². The molecule has 0 spiro atoms. The van der Waals surface area contributed by atoms with E-state index in [4.69, 9.17) is 16.3 Å². The Balaban J connectivity index is 2.44. The second-order valence-corrected chi connectivity index (χ2v) is 5.54. The van der Waals surface area contributed by atoms with Crippen LogP contribution in [0, 0.1) is 6.92 Å². The highest BCUT2D eigenvalue weighted by Crippen LogP contribution is 2.31. The number of methoxy groups -OCH3 is 1. The minimum absolute atomic E-state index is 0.0826. The number of hydrogen-bond donors (Lipinski definition) is 1. The molecule has 21 heavy (non-hydrogen) atoms. The highest BCUT2D eigenvalue weighted by atomic mass is 35.5. The van der Waals surface area contributed by atoms with Crippen molar-refractivity contribution >= 4 is 11.6 Å². The Bertz CT molecular complexity index is 598. The maximum atomic E-state index is 6.29. The van der Waals surface area contributed by atoms with Crippen molar-refractivity contribution in [3.05, 3.63) is 64.2 Å². The average molecular weight is 304 g/mol. The molecule has 0 saturated carbocycles. The SMILES string of the molecule is CCCNC(c1ccc(C)c(Cl)c1)c1ccccc1OC. The molecule has 0 aliphatic rings. The van der Waals surface area contributed by atoms with E-state index in [1.54, 1.807) is 7.11 Å². The van der Waals surface area contributed by atoms with Crippen molar-refractivity contribution in [1.82, 2.24) is 5.32 Å². The number of benzene rings is 2. The molecular formula is C18H22ClNO. The smallest absolute Gasteiger partial charge is 0.123 e. The van der Waals surface area contributed by atoms with Crippen molar-refractivity contribution in [3.8, 4) is 5.75 Å². The summed E-state index contributed by atoms with van der Waals surface area (Å²) in [5.41, 5.74) is 3.38. The number of hydrogen-bond acceptors (Lipinski definition) is 2. The first-order valence-corrected chi connectivity index (χ1v) is 7.67. The Kier molecular flexibility index (Phi) is 5.66. The molecule has 2 rings (SSSR count). The molecule has 2 aromatic rings. The van der Waals surface area contributed by atoms with Crippen LogP contribution in [0.1, 0.15) is 36.1 Å². The van der Waals surface area contributed by atoms with Crippen molar-refractivity contribution in [1.29, 1.82) is 0 Å². The van der Waals surface area contributed by atoms with Crippen LogP contribution in [0.2, 0.25) is 5.02 Å². The van der Waals surface area contributed by atoms with Gasteiger partial charge in [0, 0.05) is 10.6 Å². The molecule has 2 nitrogen and oxygen atoms in total. The van der Waals surface area contributed by atoms with Gasteiger partial charge in [0.15, 0.2) is 0 Å². The highest BCUT2D eigenvalue weighted by molar-refractivity contribution is 6.31. The molecule has 1 unspecified atom stereocenters. The molecule has 0 heterocycles. The van der Waals surface area contributed by atoms with Gasteiger partial charge in [-0.1, -0.05) is 48.9 Å². The van der Waals surface area contributed by atoms with Gasteiger partial charge in [-0.05, 0) is 43.1 Å². The van der Waals surface area contributed by atoms with E-state index in [0.717, 1.165) is 40.4 Å². The molecule has 0 bridgehead atoms. The van der Waals surface area contributed by atoms with Crippen LogP contribution >= 0.6 is 11.6 Å². The van der Waals surface area contributed by atoms with Crippen LogP contribution in [-0.4, -0.2) is 13.7 Å². The maximum absolute atomic E-state index is 6.29. The van der Waals surface area contributed by atoms with E-state index in [-0.39, 0.29) is 6.04 Å². The summed E-state index contributed by atoms with van der Waals surface area (Å²) in [5.74, 6) is 0.891. The molecule has 0 amide bonds. The standard InChI is InChI=1S/C18H22ClNO/c1-4-11-20-18(14-10-9-13(2)16(19)12-14)15-7-5-6-8-17(15)21-3/h5-10,12,18,20H,4,11H2,1-3H3. The zero-order chi connectivity index (χ0) is 15.2. The van der Waals surface area contributed by atoms with Crippen LogP contribution in [0.25, 0.3) is 0 Å². The zero-order valence-electron chi connectivity index (χ0n) is 12.8. The van der Waals surface area contributed by atoms with Gasteiger partial charge in [0.25, 0.3) is 0 Å². The minimum atomic E-state index is 0.0826. The molecule has 0 aliphatic carbocycles. The monoisotopic (exact) mass is 303 g/mol. The van der Waals surface area contributed by atoms with E-state index < -0.39 is 0 Å². The fraction of sp³-hybridized carbons (Fsp3) is 0.333. The van der Waals surface area contributed by atoms with Gasteiger partial charge in [-0.3, -0.25) is 0 Å². The lowest BCUT2D eigenvalue weighted by Crippen LogP contribution is -2.23. The average Bonchev–Trinajstić information content (AvgIpc) is 2.51. The van der Waals surface area contributed by atoms with Crippen LogP contribution in [-0.2, 0) is 0 Å². The van der Waals surface area contributed by atoms with Crippen molar-refractivity contribution in [2.24, 2.45) is 0 Å². The fourth-order valence-electron chi connectivity index (χ4n) is 2.39. The topological polar surface area (TPSA) is 21.3 Å². The lowest BCUT2D eigenvalue weighted by Gasteiger charge is -2.22. The molecule has 1 N–H and O–H groups in total. The lowest BCUT2D eigenvalue weighted by atomic mass is 9.96. The third-order valence-electron chi connectivity index (χ3n) is 3.58. The summed E-state index contributed by atoms with van der Waals surface area (Å²) in [4.78, 5) is 0. The molecule has 0 radical (unpaired) electrons. The van der Waals surface area contributed by atoms with Crippen molar-refractivity contribution < 1.29 is 4.74 Å². The van der Waals surface area contributed by atoms with Crippen LogP contribution in [0.5, 0.6) is 5.75 Å². The summed E-state index contributed by atoms with van der Waals surface area (Å²) in [6.07, 6.45) is 1.07. The van der Waals surface area contributed by atoms with Gasteiger partial charge in [-0.25, -0.2) is 0 Å². The van der Waals surface area contributed by atoms with Crippen molar-refractivity contribution in [2.45, 2.75) is 26.3 Å². The largest absolute Gasteiger partial charge is 0.496 e. The van der Waals surface area contributed by atoms with Crippen molar-refractivity contribution in [3.63, 3.8) is 0 Å². The Morgan fingerprint density at radius 2 is 1.95 bits per heavy atom. The van der Waals surface area contributed by atoms with Gasteiger partial charge in [0.1, 0.15) is 5.75 Å². The predicted octanol–water partition coefficient (Wildman–Crippen LogP) is 4.75. The van der Waals surface area contributed by atoms with Crippen LogP contribution < -0.4 is 10.1 Å². The first kappa shape index (κ1) is 15.9. The van der Waals surface area contributed by atoms with Gasteiger partial charge in [-0.15, -0.1) is 0 Å². The number of halogens is 1. The number of ether oxygens (including phenoxy) is 1. The summed E-state index contributed by atoms with van der Waals surface area (Å²) >= 11 is 6.29. The molecule has 0 aliphatic heterocycles. The summed E-state index contributed by atoms with van der Waals surface area (Å²) < 4.78 is 5.51. The number of para-hydroxylation sites is 1. The molecular weight excluding hydrogens is 282 g/mol. The third kappa shape index (κ3) is 3.78. The normalized spacial score (nSPS) is 12.2. The summed E-state index contributed by atoms with van der Waals surface area (Å²) in [7, 11) is 1.71. The van der Waals surface area contributed by atoms with E-state index in [1.807, 2.05) is 31.2 Å². The maximum Gasteiger partial charge on any atom is 0.123 e. The Morgan fingerprint density at radius 1 is 1.19 bits per heavy atom. The third-order valence-corrected chi connectivity index (χ3v) is 3.98. The molecule has 2 aromatic carbocycles. The summed E-state index contributed by atoms with van der Waals surface area (Å²) in [6.45, 7) is 5.12. The predicted molar refractivity (Wildman–Crippen MR) is 89.3 cm³/mol. The number of rotatable bonds is 6. The molecule has 3 heteroatoms. The van der Waals surface area contributed by atoms with Crippen LogP contribution in [0.4, 0.5) is 0 Å². The van der Waals surface area contributed by atoms with E-state index in [2.05, 4.69) is 30.4 Å². The molecule has 112 valence electrons. The van der Waals surface area contributed by atoms with Gasteiger partial charge in [0.05, 0.1) is 13.2 Å². The number of nitrogens with one attached hydrogen (secondary N) is 1. The second kappa shape index (κ2) is 7.48. The van der Waals surface area contributed by atoms with Gasteiger partial charge < -0.3 is 10.1 Å². The zero-order valence-corrected chi connectivity index (χ0v) is 13.6. The van der Waals surface area contributed by atoms with Gasteiger partial charge in [-0.2, -0.15) is 0 Å². The van der Waals surface area contributed by atoms with Crippen LogP contribution in [0.3, 0.4) is 0 Å². The summed E-state index contributed by atoms with van der Waals surface area (Å²) in [5, 5.41) is 4.38. The Morgan fingerprint density at radius 3 is 2.62 bits per heavy atom. The molecule has 0 aromatic heterocycles. The van der Waals surface area contributed by atoms with E-state index in [9.17, 15) is 0 Å². The number of aryl methyl sites for hydroxylation is 1. The fourth-order valence-corrected chi connectivity index (χ4v) is 2.58. The van der Waals surface area contributed by atoms with E-state index in [1.165, 1.54) is 0 Å². The highest BCUT2D eigenvalue weighted by Gasteiger charge is 2.17. The van der Waals surface area contributed by atoms with E-state index in [0.29, 0.717) is 0 Å². The van der Waals surface area contributed by atoms with Gasteiger partial charge >= 0.3 is 0 Å². The lowest BCUT2D eigenvalue weighted by molar-refractivity contribution is 0.404. The molecule has 1 atom stereocenters. The quantitative estimate of drug-likeness (QED) is 0.832.